The van der Waals surface area contributed by atoms with Gasteiger partial charge in [0.05, 0.1) is 13.2 Å². The molecule has 0 saturated carbocycles. The number of carbonyl (C=O) groups excluding carboxylic acids is 1. The number of aryl methyl sites for hydroxylation is 1. The number of hydrogen-bond acceptors (Lipinski definition) is 3. The Hall–Kier alpha value is -1.59. The largest absolute Gasteiger partial charge is 0.386 e. The van der Waals surface area contributed by atoms with Gasteiger partial charge in [0.1, 0.15) is 5.60 Å². The van der Waals surface area contributed by atoms with Gasteiger partial charge in [-0.3, -0.25) is 0 Å². The van der Waals surface area contributed by atoms with Crippen molar-refractivity contribution in [2.45, 2.75) is 24.9 Å². The smallest absolute Gasteiger partial charge is 0.314 e. The van der Waals surface area contributed by atoms with Gasteiger partial charge in [-0.15, -0.1) is 0 Å². The maximum Gasteiger partial charge on any atom is 0.314 e. The van der Waals surface area contributed by atoms with E-state index in [1.165, 1.54) is 5.56 Å². The lowest BCUT2D eigenvalue weighted by Crippen LogP contribution is -2.46. The Labute approximate surface area is 119 Å². The number of hydrogen-bond donors (Lipinski definition) is 3. The standard InChI is InChI=1S/C15H22N2O3/c18-14(17-11-15(19)8-10-20-12-15)16-9-4-7-13-5-2-1-3-6-13/h1-3,5-6,19H,4,7-12H2,(H2,16,17,18)/t15-/m0/s1. The second kappa shape index (κ2) is 7.26. The summed E-state index contributed by atoms with van der Waals surface area (Å²) in [5.74, 6) is 0. The molecule has 1 fully saturated rings. The van der Waals surface area contributed by atoms with Crippen LogP contribution in [0.3, 0.4) is 0 Å². The van der Waals surface area contributed by atoms with E-state index >= 15 is 0 Å². The summed E-state index contributed by atoms with van der Waals surface area (Å²) in [5, 5.41) is 15.5. The highest BCUT2D eigenvalue weighted by molar-refractivity contribution is 5.73. The number of aliphatic hydroxyl groups is 1. The van der Waals surface area contributed by atoms with Crippen LogP contribution < -0.4 is 10.6 Å². The van der Waals surface area contributed by atoms with Gasteiger partial charge in [0.2, 0.25) is 0 Å². The van der Waals surface area contributed by atoms with Gasteiger partial charge in [-0.2, -0.15) is 0 Å². The number of carbonyl (C=O) groups is 1. The second-order valence-electron chi connectivity index (χ2n) is 5.23. The van der Waals surface area contributed by atoms with Crippen LogP contribution in [-0.4, -0.2) is 43.0 Å². The normalized spacial score (nSPS) is 21.6. The van der Waals surface area contributed by atoms with E-state index in [1.54, 1.807) is 0 Å². The SMILES string of the molecule is O=C(NCCCc1ccccc1)NC[C@@]1(O)CCOC1. The Morgan fingerprint density at radius 1 is 1.30 bits per heavy atom. The van der Waals surface area contributed by atoms with Crippen molar-refractivity contribution in [2.24, 2.45) is 0 Å². The van der Waals surface area contributed by atoms with Crippen LogP contribution in [0.4, 0.5) is 4.79 Å². The molecule has 2 rings (SSSR count). The van der Waals surface area contributed by atoms with E-state index in [0.717, 1.165) is 12.8 Å². The zero-order valence-electron chi connectivity index (χ0n) is 11.6. The lowest BCUT2D eigenvalue weighted by atomic mass is 10.0. The topological polar surface area (TPSA) is 70.6 Å². The lowest BCUT2D eigenvalue weighted by Gasteiger charge is -2.20. The van der Waals surface area contributed by atoms with E-state index < -0.39 is 5.60 Å². The maximum absolute atomic E-state index is 11.6. The predicted octanol–water partition coefficient (Wildman–Crippen LogP) is 1.07. The van der Waals surface area contributed by atoms with Gasteiger partial charge in [0.25, 0.3) is 0 Å². The minimum atomic E-state index is -0.901. The van der Waals surface area contributed by atoms with Crippen molar-refractivity contribution in [1.29, 1.82) is 0 Å². The lowest BCUT2D eigenvalue weighted by molar-refractivity contribution is 0.0292. The Bertz CT molecular complexity index is 416. The zero-order chi connectivity index (χ0) is 14.3. The molecular weight excluding hydrogens is 256 g/mol. The molecular formula is C15H22N2O3. The molecule has 2 amide bonds. The molecule has 5 nitrogen and oxygen atoms in total. The van der Waals surface area contributed by atoms with Crippen LogP contribution in [-0.2, 0) is 11.2 Å². The molecule has 5 heteroatoms. The fourth-order valence-corrected chi connectivity index (χ4v) is 2.18. The van der Waals surface area contributed by atoms with Crippen LogP contribution in [0.1, 0.15) is 18.4 Å². The quantitative estimate of drug-likeness (QED) is 0.682. The molecule has 0 unspecified atom stereocenters. The predicted molar refractivity (Wildman–Crippen MR) is 76.6 cm³/mol. The van der Waals surface area contributed by atoms with Gasteiger partial charge >= 0.3 is 6.03 Å². The minimum Gasteiger partial charge on any atom is -0.386 e. The monoisotopic (exact) mass is 278 g/mol. The van der Waals surface area contributed by atoms with Gasteiger partial charge in [0, 0.05) is 19.6 Å². The molecule has 1 aromatic rings. The van der Waals surface area contributed by atoms with Crippen LogP contribution in [0.2, 0.25) is 0 Å². The summed E-state index contributed by atoms with van der Waals surface area (Å²) in [7, 11) is 0. The molecule has 0 radical (unpaired) electrons. The summed E-state index contributed by atoms with van der Waals surface area (Å²) < 4.78 is 5.12. The van der Waals surface area contributed by atoms with Crippen molar-refractivity contribution in [3.8, 4) is 0 Å². The van der Waals surface area contributed by atoms with Crippen molar-refractivity contribution in [2.75, 3.05) is 26.3 Å². The fraction of sp³-hybridized carbons (Fsp3) is 0.533. The molecule has 0 aromatic heterocycles. The van der Waals surface area contributed by atoms with E-state index in [4.69, 9.17) is 4.74 Å². The Balaban J connectivity index is 1.56. The second-order valence-corrected chi connectivity index (χ2v) is 5.23. The molecule has 1 aromatic carbocycles. The molecule has 1 atom stereocenters. The highest BCUT2D eigenvalue weighted by atomic mass is 16.5. The van der Waals surface area contributed by atoms with Gasteiger partial charge < -0.3 is 20.5 Å². The van der Waals surface area contributed by atoms with Gasteiger partial charge in [-0.25, -0.2) is 4.79 Å². The number of urea groups is 1. The van der Waals surface area contributed by atoms with Crippen LogP contribution in [0.5, 0.6) is 0 Å². The van der Waals surface area contributed by atoms with Crippen LogP contribution >= 0.6 is 0 Å². The molecule has 3 N–H and O–H groups in total. The van der Waals surface area contributed by atoms with Crippen molar-refractivity contribution in [1.82, 2.24) is 10.6 Å². The first kappa shape index (κ1) is 14.8. The van der Waals surface area contributed by atoms with Gasteiger partial charge in [-0.1, -0.05) is 30.3 Å². The molecule has 1 aliphatic heterocycles. The highest BCUT2D eigenvalue weighted by Crippen LogP contribution is 2.16. The van der Waals surface area contributed by atoms with Crippen LogP contribution in [0, 0.1) is 0 Å². The zero-order valence-corrected chi connectivity index (χ0v) is 11.6. The molecule has 1 aliphatic rings. The summed E-state index contributed by atoms with van der Waals surface area (Å²) in [5.41, 5.74) is 0.369. The molecule has 0 aliphatic carbocycles. The molecule has 110 valence electrons. The van der Waals surface area contributed by atoms with Crippen molar-refractivity contribution < 1.29 is 14.6 Å². The summed E-state index contributed by atoms with van der Waals surface area (Å²) in [4.78, 5) is 11.6. The van der Waals surface area contributed by atoms with Crippen LogP contribution in [0.15, 0.2) is 30.3 Å². The number of amides is 2. The number of ether oxygens (including phenoxy) is 1. The molecule has 20 heavy (non-hydrogen) atoms. The number of rotatable bonds is 6. The third-order valence-electron chi connectivity index (χ3n) is 3.43. The molecule has 0 bridgehead atoms. The number of benzene rings is 1. The van der Waals surface area contributed by atoms with E-state index in [9.17, 15) is 9.90 Å². The summed E-state index contributed by atoms with van der Waals surface area (Å²) >= 11 is 0. The van der Waals surface area contributed by atoms with Gasteiger partial charge in [-0.05, 0) is 18.4 Å². The summed E-state index contributed by atoms with van der Waals surface area (Å²) in [6.07, 6.45) is 2.41. The first-order valence-corrected chi connectivity index (χ1v) is 7.04. The maximum atomic E-state index is 11.6. The third-order valence-corrected chi connectivity index (χ3v) is 3.43. The average Bonchev–Trinajstić information content (AvgIpc) is 2.90. The Kier molecular flexibility index (Phi) is 5.38. The molecule has 1 saturated heterocycles. The fourth-order valence-electron chi connectivity index (χ4n) is 2.18. The van der Waals surface area contributed by atoms with Crippen molar-refractivity contribution >= 4 is 6.03 Å². The van der Waals surface area contributed by atoms with Gasteiger partial charge in [0.15, 0.2) is 0 Å². The van der Waals surface area contributed by atoms with E-state index in [-0.39, 0.29) is 12.6 Å². The van der Waals surface area contributed by atoms with E-state index in [2.05, 4.69) is 22.8 Å². The number of nitrogens with one attached hydrogen (secondary N) is 2. The third kappa shape index (κ3) is 4.83. The minimum absolute atomic E-state index is 0.234. The Morgan fingerprint density at radius 2 is 2.10 bits per heavy atom. The van der Waals surface area contributed by atoms with E-state index in [1.807, 2.05) is 18.2 Å². The van der Waals surface area contributed by atoms with Crippen LogP contribution in [0.25, 0.3) is 0 Å². The summed E-state index contributed by atoms with van der Waals surface area (Å²) in [6, 6.07) is 9.94. The summed E-state index contributed by atoms with van der Waals surface area (Å²) in [6.45, 7) is 1.70. The highest BCUT2D eigenvalue weighted by Gasteiger charge is 2.32. The van der Waals surface area contributed by atoms with Crippen molar-refractivity contribution in [3.05, 3.63) is 35.9 Å². The average molecular weight is 278 g/mol. The molecule has 1 heterocycles. The Morgan fingerprint density at radius 3 is 2.80 bits per heavy atom. The first-order valence-electron chi connectivity index (χ1n) is 7.04. The molecule has 0 spiro atoms. The van der Waals surface area contributed by atoms with Crippen molar-refractivity contribution in [3.63, 3.8) is 0 Å². The first-order chi connectivity index (χ1) is 9.68. The van der Waals surface area contributed by atoms with E-state index in [0.29, 0.717) is 26.2 Å².